The van der Waals surface area contributed by atoms with Gasteiger partial charge in [0.15, 0.2) is 6.29 Å². The van der Waals surface area contributed by atoms with Crippen LogP contribution in [0.3, 0.4) is 0 Å². The topological polar surface area (TPSA) is 46.5 Å². The molecular formula is C14H18O3. The van der Waals surface area contributed by atoms with E-state index in [1.54, 1.807) is 0 Å². The van der Waals surface area contributed by atoms with Gasteiger partial charge in [-0.1, -0.05) is 0 Å². The number of carbonyl (C=O) groups excluding carboxylic acids is 1. The van der Waals surface area contributed by atoms with E-state index in [0.29, 0.717) is 5.56 Å². The molecule has 0 saturated heterocycles. The monoisotopic (exact) mass is 234 g/mol. The number of hydrogen-bond acceptors (Lipinski definition) is 3. The smallest absolute Gasteiger partial charge is 0.154 e. The Hall–Kier alpha value is -1.51. The van der Waals surface area contributed by atoms with Gasteiger partial charge in [0.05, 0.1) is 5.56 Å². The second-order valence-electron chi connectivity index (χ2n) is 5.30. The zero-order valence-corrected chi connectivity index (χ0v) is 10.8. The molecule has 92 valence electrons. The van der Waals surface area contributed by atoms with Crippen LogP contribution < -0.4 is 4.74 Å². The average Bonchev–Trinajstić information content (AvgIpc) is 2.27. The molecule has 1 aliphatic heterocycles. The van der Waals surface area contributed by atoms with E-state index in [0.717, 1.165) is 41.6 Å². The SMILES string of the molecule is Cc1c(C)c2c(c(C=O)c1O)CCC(C)(C)O2. The summed E-state index contributed by atoms with van der Waals surface area (Å²) in [5.74, 6) is 0.873. The number of fused-ring (bicyclic) bond motifs is 1. The molecule has 3 heteroatoms. The maximum atomic E-state index is 11.1. The first-order valence-corrected chi connectivity index (χ1v) is 5.86. The van der Waals surface area contributed by atoms with Crippen molar-refractivity contribution in [1.29, 1.82) is 0 Å². The van der Waals surface area contributed by atoms with Crippen molar-refractivity contribution in [3.8, 4) is 11.5 Å². The Labute approximate surface area is 101 Å². The number of hydrogen-bond donors (Lipinski definition) is 1. The minimum absolute atomic E-state index is 0.0968. The number of phenols is 1. The molecule has 17 heavy (non-hydrogen) atoms. The van der Waals surface area contributed by atoms with Crippen LogP contribution in [0.2, 0.25) is 0 Å². The number of rotatable bonds is 1. The van der Waals surface area contributed by atoms with Gasteiger partial charge < -0.3 is 9.84 Å². The third kappa shape index (κ3) is 1.79. The Balaban J connectivity index is 2.70. The summed E-state index contributed by atoms with van der Waals surface area (Å²) in [6, 6.07) is 0. The zero-order chi connectivity index (χ0) is 12.8. The van der Waals surface area contributed by atoms with Gasteiger partial charge in [0.1, 0.15) is 17.1 Å². The van der Waals surface area contributed by atoms with Gasteiger partial charge in [0.25, 0.3) is 0 Å². The van der Waals surface area contributed by atoms with Gasteiger partial charge in [-0.05, 0) is 51.7 Å². The van der Waals surface area contributed by atoms with Crippen molar-refractivity contribution in [2.45, 2.75) is 46.1 Å². The lowest BCUT2D eigenvalue weighted by Gasteiger charge is -2.35. The maximum Gasteiger partial charge on any atom is 0.154 e. The molecule has 1 N–H and O–H groups in total. The van der Waals surface area contributed by atoms with Gasteiger partial charge in [-0.15, -0.1) is 0 Å². The zero-order valence-electron chi connectivity index (χ0n) is 10.8. The van der Waals surface area contributed by atoms with Gasteiger partial charge in [0, 0.05) is 5.56 Å². The lowest BCUT2D eigenvalue weighted by Crippen LogP contribution is -2.33. The Morgan fingerprint density at radius 1 is 1.29 bits per heavy atom. The van der Waals surface area contributed by atoms with Crippen molar-refractivity contribution in [2.24, 2.45) is 0 Å². The number of benzene rings is 1. The molecular weight excluding hydrogens is 216 g/mol. The van der Waals surface area contributed by atoms with Crippen molar-refractivity contribution < 1.29 is 14.6 Å². The summed E-state index contributed by atoms with van der Waals surface area (Å²) in [5, 5.41) is 9.98. The summed E-state index contributed by atoms with van der Waals surface area (Å²) in [6.45, 7) is 7.81. The van der Waals surface area contributed by atoms with Gasteiger partial charge in [-0.25, -0.2) is 0 Å². The standard InChI is InChI=1S/C14H18O3/c1-8-9(2)13-10(11(7-15)12(8)16)5-6-14(3,4)17-13/h7,16H,5-6H2,1-4H3. The Morgan fingerprint density at radius 3 is 2.53 bits per heavy atom. The van der Waals surface area contributed by atoms with Crippen LogP contribution in [0.4, 0.5) is 0 Å². The lowest BCUT2D eigenvalue weighted by atomic mass is 9.88. The van der Waals surface area contributed by atoms with Crippen molar-refractivity contribution >= 4 is 6.29 Å². The molecule has 0 radical (unpaired) electrons. The van der Waals surface area contributed by atoms with Gasteiger partial charge in [-0.3, -0.25) is 4.79 Å². The van der Waals surface area contributed by atoms with Crippen LogP contribution in [0.1, 0.15) is 47.3 Å². The molecule has 0 amide bonds. The van der Waals surface area contributed by atoms with Crippen LogP contribution in [0.25, 0.3) is 0 Å². The second kappa shape index (κ2) is 3.76. The van der Waals surface area contributed by atoms with E-state index in [-0.39, 0.29) is 11.4 Å². The van der Waals surface area contributed by atoms with E-state index in [1.165, 1.54) is 0 Å². The molecule has 3 nitrogen and oxygen atoms in total. The van der Waals surface area contributed by atoms with Gasteiger partial charge >= 0.3 is 0 Å². The fourth-order valence-corrected chi connectivity index (χ4v) is 2.31. The third-order valence-electron chi connectivity index (χ3n) is 3.59. The molecule has 0 unspecified atom stereocenters. The van der Waals surface area contributed by atoms with Crippen molar-refractivity contribution in [2.75, 3.05) is 0 Å². The third-order valence-corrected chi connectivity index (χ3v) is 3.59. The fraction of sp³-hybridized carbons (Fsp3) is 0.500. The minimum Gasteiger partial charge on any atom is -0.507 e. The van der Waals surface area contributed by atoms with Crippen LogP contribution in [0.5, 0.6) is 11.5 Å². The summed E-state index contributed by atoms with van der Waals surface area (Å²) in [6.07, 6.45) is 2.34. The largest absolute Gasteiger partial charge is 0.507 e. The summed E-state index contributed by atoms with van der Waals surface area (Å²) in [5.41, 5.74) is 2.68. The van der Waals surface area contributed by atoms with Gasteiger partial charge in [0.2, 0.25) is 0 Å². The molecule has 0 aromatic heterocycles. The van der Waals surface area contributed by atoms with Crippen LogP contribution in [-0.4, -0.2) is 17.0 Å². The number of ether oxygens (including phenoxy) is 1. The number of aromatic hydroxyl groups is 1. The molecule has 0 spiro atoms. The molecule has 1 aromatic carbocycles. The van der Waals surface area contributed by atoms with Crippen molar-refractivity contribution in [3.05, 3.63) is 22.3 Å². The van der Waals surface area contributed by atoms with E-state index >= 15 is 0 Å². The van der Waals surface area contributed by atoms with Crippen LogP contribution in [0.15, 0.2) is 0 Å². The molecule has 0 bridgehead atoms. The quantitative estimate of drug-likeness (QED) is 0.760. The predicted molar refractivity (Wildman–Crippen MR) is 66.0 cm³/mol. The van der Waals surface area contributed by atoms with E-state index in [1.807, 2.05) is 27.7 Å². The highest BCUT2D eigenvalue weighted by Crippen LogP contribution is 2.42. The van der Waals surface area contributed by atoms with E-state index < -0.39 is 0 Å². The first-order chi connectivity index (χ1) is 7.87. The second-order valence-corrected chi connectivity index (χ2v) is 5.30. The highest BCUT2D eigenvalue weighted by molar-refractivity contribution is 5.85. The van der Waals surface area contributed by atoms with E-state index in [4.69, 9.17) is 4.74 Å². The number of aldehydes is 1. The molecule has 1 heterocycles. The number of phenolic OH excluding ortho intramolecular Hbond substituents is 1. The first kappa shape index (κ1) is 12.0. The van der Waals surface area contributed by atoms with Gasteiger partial charge in [-0.2, -0.15) is 0 Å². The molecule has 0 saturated carbocycles. The molecule has 0 aliphatic carbocycles. The Bertz CT molecular complexity index is 487. The summed E-state index contributed by atoms with van der Waals surface area (Å²) >= 11 is 0. The highest BCUT2D eigenvalue weighted by Gasteiger charge is 2.31. The fourth-order valence-electron chi connectivity index (χ4n) is 2.31. The normalized spacial score (nSPS) is 17.2. The first-order valence-electron chi connectivity index (χ1n) is 5.86. The lowest BCUT2D eigenvalue weighted by molar-refractivity contribution is 0.0825. The van der Waals surface area contributed by atoms with Crippen molar-refractivity contribution in [1.82, 2.24) is 0 Å². The van der Waals surface area contributed by atoms with Crippen LogP contribution >= 0.6 is 0 Å². The minimum atomic E-state index is -0.207. The molecule has 0 atom stereocenters. The molecule has 1 aromatic rings. The number of carbonyl (C=O) groups is 1. The van der Waals surface area contributed by atoms with E-state index in [2.05, 4.69) is 0 Å². The maximum absolute atomic E-state index is 11.1. The molecule has 0 fully saturated rings. The molecule has 1 aliphatic rings. The summed E-state index contributed by atoms with van der Waals surface area (Å²) < 4.78 is 5.96. The summed E-state index contributed by atoms with van der Waals surface area (Å²) in [4.78, 5) is 11.1. The predicted octanol–water partition coefficient (Wildman–Crippen LogP) is 2.93. The van der Waals surface area contributed by atoms with Crippen LogP contribution in [0, 0.1) is 13.8 Å². The summed E-state index contributed by atoms with van der Waals surface area (Å²) in [7, 11) is 0. The average molecular weight is 234 g/mol. The van der Waals surface area contributed by atoms with E-state index in [9.17, 15) is 9.90 Å². The molecule has 2 rings (SSSR count). The van der Waals surface area contributed by atoms with Crippen LogP contribution in [-0.2, 0) is 6.42 Å². The highest BCUT2D eigenvalue weighted by atomic mass is 16.5. The Morgan fingerprint density at radius 2 is 1.94 bits per heavy atom. The Kier molecular flexibility index (Phi) is 2.64. The van der Waals surface area contributed by atoms with Crippen molar-refractivity contribution in [3.63, 3.8) is 0 Å².